The van der Waals surface area contributed by atoms with Gasteiger partial charge < -0.3 is 14.5 Å². The summed E-state index contributed by atoms with van der Waals surface area (Å²) < 4.78 is 38.2. The second kappa shape index (κ2) is 8.53. The van der Waals surface area contributed by atoms with Gasteiger partial charge in [-0.1, -0.05) is 18.2 Å². The Morgan fingerprint density at radius 2 is 1.71 bits per heavy atom. The summed E-state index contributed by atoms with van der Waals surface area (Å²) in [6.45, 7) is 0. The largest absolute Gasteiger partial charge is 0.497 e. The lowest BCUT2D eigenvalue weighted by Gasteiger charge is -2.09. The number of carbonyl (C=O) groups is 1. The monoisotopic (exact) mass is 436 g/mol. The van der Waals surface area contributed by atoms with Crippen molar-refractivity contribution in [2.45, 2.75) is 11.3 Å². The molecule has 0 fully saturated rings. The third kappa shape index (κ3) is 4.70. The molecule has 4 rings (SSSR count). The predicted molar refractivity (Wildman–Crippen MR) is 119 cm³/mol. The Labute approximate surface area is 179 Å². The Kier molecular flexibility index (Phi) is 5.64. The summed E-state index contributed by atoms with van der Waals surface area (Å²) >= 11 is 0. The highest BCUT2D eigenvalue weighted by Gasteiger charge is 2.15. The van der Waals surface area contributed by atoms with Crippen LogP contribution in [0.4, 0.5) is 11.4 Å². The number of anilines is 2. The van der Waals surface area contributed by atoms with Crippen molar-refractivity contribution in [3.63, 3.8) is 0 Å². The maximum atomic E-state index is 12.5. The van der Waals surface area contributed by atoms with Crippen molar-refractivity contribution in [2.75, 3.05) is 17.1 Å². The molecule has 3 aromatic carbocycles. The molecule has 31 heavy (non-hydrogen) atoms. The van der Waals surface area contributed by atoms with Crippen LogP contribution in [-0.2, 0) is 21.2 Å². The van der Waals surface area contributed by atoms with Gasteiger partial charge in [-0.15, -0.1) is 0 Å². The van der Waals surface area contributed by atoms with Crippen LogP contribution < -0.4 is 14.8 Å². The lowest BCUT2D eigenvalue weighted by molar-refractivity contribution is -0.115. The molecule has 158 valence electrons. The van der Waals surface area contributed by atoms with Gasteiger partial charge in [-0.05, 0) is 48.5 Å². The van der Waals surface area contributed by atoms with Gasteiger partial charge in [0.05, 0.1) is 24.7 Å². The standard InChI is InChI=1S/C23H20N2O5S/c1-29-19-9-12-21-16(15-30-22(21)14-19)13-23(26)24-17-7-10-20(11-8-17)31(27,28)25-18-5-3-2-4-6-18/h2-12,14-15,25H,13H2,1H3,(H,24,26). The van der Waals surface area contributed by atoms with Crippen LogP contribution in [-0.4, -0.2) is 21.4 Å². The van der Waals surface area contributed by atoms with Crippen molar-refractivity contribution < 1.29 is 22.4 Å². The number of benzene rings is 3. The van der Waals surface area contributed by atoms with E-state index in [1.807, 2.05) is 12.1 Å². The van der Waals surface area contributed by atoms with E-state index in [1.165, 1.54) is 12.1 Å². The fourth-order valence-corrected chi connectivity index (χ4v) is 4.20. The van der Waals surface area contributed by atoms with Gasteiger partial charge in [0.2, 0.25) is 5.91 Å². The Morgan fingerprint density at radius 1 is 0.968 bits per heavy atom. The number of methoxy groups -OCH3 is 1. The molecule has 1 aromatic heterocycles. The summed E-state index contributed by atoms with van der Waals surface area (Å²) in [6, 6.07) is 20.0. The molecule has 0 saturated carbocycles. The van der Waals surface area contributed by atoms with Gasteiger partial charge in [0.15, 0.2) is 0 Å². The van der Waals surface area contributed by atoms with Crippen molar-refractivity contribution in [2.24, 2.45) is 0 Å². The normalized spacial score (nSPS) is 11.3. The number of hydrogen-bond acceptors (Lipinski definition) is 5. The summed E-state index contributed by atoms with van der Waals surface area (Å²) in [5, 5.41) is 3.61. The number of sulfonamides is 1. The second-order valence-electron chi connectivity index (χ2n) is 6.84. The molecular weight excluding hydrogens is 416 g/mol. The molecule has 0 aliphatic carbocycles. The Morgan fingerprint density at radius 3 is 2.42 bits per heavy atom. The first-order valence-corrected chi connectivity index (χ1v) is 10.9. The van der Waals surface area contributed by atoms with Crippen LogP contribution in [0.1, 0.15) is 5.56 Å². The second-order valence-corrected chi connectivity index (χ2v) is 8.53. The Bertz CT molecular complexity index is 1310. The van der Waals surface area contributed by atoms with Gasteiger partial charge in [0.1, 0.15) is 11.3 Å². The number of fused-ring (bicyclic) bond motifs is 1. The molecule has 2 N–H and O–H groups in total. The molecule has 1 amide bonds. The molecule has 1 heterocycles. The highest BCUT2D eigenvalue weighted by atomic mass is 32.2. The van der Waals surface area contributed by atoms with Crippen LogP contribution in [0.3, 0.4) is 0 Å². The van der Waals surface area contributed by atoms with Crippen LogP contribution >= 0.6 is 0 Å². The summed E-state index contributed by atoms with van der Waals surface area (Å²) in [7, 11) is -2.14. The summed E-state index contributed by atoms with van der Waals surface area (Å²) in [5.41, 5.74) is 2.37. The van der Waals surface area contributed by atoms with Gasteiger partial charge >= 0.3 is 0 Å². The van der Waals surface area contributed by atoms with E-state index in [9.17, 15) is 13.2 Å². The quantitative estimate of drug-likeness (QED) is 0.447. The van der Waals surface area contributed by atoms with Crippen molar-refractivity contribution in [3.05, 3.63) is 84.6 Å². The minimum atomic E-state index is -3.72. The van der Waals surface area contributed by atoms with E-state index in [1.54, 1.807) is 61.9 Å². The van der Waals surface area contributed by atoms with E-state index in [-0.39, 0.29) is 17.2 Å². The molecule has 0 saturated heterocycles. The van der Waals surface area contributed by atoms with Crippen LogP contribution in [0.15, 0.2) is 88.4 Å². The summed E-state index contributed by atoms with van der Waals surface area (Å²) in [5.74, 6) is 0.436. The average Bonchev–Trinajstić information content (AvgIpc) is 3.16. The number of rotatable bonds is 7. The van der Waals surface area contributed by atoms with Gasteiger partial charge in [0.25, 0.3) is 10.0 Å². The maximum Gasteiger partial charge on any atom is 0.261 e. The van der Waals surface area contributed by atoms with Gasteiger partial charge in [0, 0.05) is 28.4 Å². The van der Waals surface area contributed by atoms with E-state index in [0.29, 0.717) is 22.7 Å². The first kappa shape index (κ1) is 20.5. The highest BCUT2D eigenvalue weighted by molar-refractivity contribution is 7.92. The number of carbonyl (C=O) groups excluding carboxylic acids is 1. The number of hydrogen-bond donors (Lipinski definition) is 2. The zero-order chi connectivity index (χ0) is 21.8. The number of nitrogens with one attached hydrogen (secondary N) is 2. The first-order chi connectivity index (χ1) is 14.9. The van der Waals surface area contributed by atoms with Crippen molar-refractivity contribution in [3.8, 4) is 5.75 Å². The molecule has 8 heteroatoms. The van der Waals surface area contributed by atoms with Gasteiger partial charge in [-0.2, -0.15) is 0 Å². The van der Waals surface area contributed by atoms with Gasteiger partial charge in [-0.3, -0.25) is 9.52 Å². The lowest BCUT2D eigenvalue weighted by Crippen LogP contribution is -2.15. The van der Waals surface area contributed by atoms with Crippen molar-refractivity contribution in [1.82, 2.24) is 0 Å². The van der Waals surface area contributed by atoms with Crippen molar-refractivity contribution >= 4 is 38.3 Å². The zero-order valence-corrected chi connectivity index (χ0v) is 17.5. The molecule has 0 spiro atoms. The smallest absolute Gasteiger partial charge is 0.261 e. The third-order valence-corrected chi connectivity index (χ3v) is 6.09. The molecule has 7 nitrogen and oxygen atoms in total. The molecule has 0 aliphatic rings. The maximum absolute atomic E-state index is 12.5. The minimum absolute atomic E-state index is 0.101. The van der Waals surface area contributed by atoms with E-state index < -0.39 is 10.0 Å². The van der Waals surface area contributed by atoms with E-state index in [2.05, 4.69) is 10.0 Å². The molecule has 0 atom stereocenters. The molecule has 0 bridgehead atoms. The predicted octanol–water partition coefficient (Wildman–Crippen LogP) is 4.42. The number of para-hydroxylation sites is 1. The summed E-state index contributed by atoms with van der Waals surface area (Å²) in [4.78, 5) is 12.6. The fraction of sp³-hybridized carbons (Fsp3) is 0.0870. The molecular formula is C23H20N2O5S. The van der Waals surface area contributed by atoms with Gasteiger partial charge in [-0.25, -0.2) is 8.42 Å². The van der Waals surface area contributed by atoms with Crippen LogP contribution in [0.5, 0.6) is 5.75 Å². The fourth-order valence-electron chi connectivity index (χ4n) is 3.14. The topological polar surface area (TPSA) is 97.6 Å². The minimum Gasteiger partial charge on any atom is -0.497 e. The van der Waals surface area contributed by atoms with Crippen LogP contribution in [0, 0.1) is 0 Å². The zero-order valence-electron chi connectivity index (χ0n) is 16.7. The molecule has 0 unspecified atom stereocenters. The Hall–Kier alpha value is -3.78. The molecule has 0 radical (unpaired) electrons. The Balaban J connectivity index is 1.42. The average molecular weight is 436 g/mol. The van der Waals surface area contributed by atoms with E-state index >= 15 is 0 Å². The van der Waals surface area contributed by atoms with Crippen LogP contribution in [0.25, 0.3) is 11.0 Å². The summed E-state index contributed by atoms with van der Waals surface area (Å²) in [6.07, 6.45) is 1.67. The SMILES string of the molecule is COc1ccc2c(CC(=O)Nc3ccc(S(=O)(=O)Nc4ccccc4)cc3)coc2c1. The lowest BCUT2D eigenvalue weighted by atomic mass is 10.1. The van der Waals surface area contributed by atoms with Crippen molar-refractivity contribution in [1.29, 1.82) is 0 Å². The first-order valence-electron chi connectivity index (χ1n) is 9.46. The highest BCUT2D eigenvalue weighted by Crippen LogP contribution is 2.26. The molecule has 4 aromatic rings. The third-order valence-electron chi connectivity index (χ3n) is 4.69. The van der Waals surface area contributed by atoms with E-state index in [4.69, 9.17) is 9.15 Å². The number of ether oxygens (including phenoxy) is 1. The number of furan rings is 1. The van der Waals surface area contributed by atoms with Crippen LogP contribution in [0.2, 0.25) is 0 Å². The molecule has 0 aliphatic heterocycles. The van der Waals surface area contributed by atoms with E-state index in [0.717, 1.165) is 10.9 Å². The number of amides is 1.